The first-order valence-corrected chi connectivity index (χ1v) is 6.63. The number of fused-ring (bicyclic) bond motifs is 1. The smallest absolute Gasteiger partial charge is 0.197 e. The molecule has 2 N–H and O–H groups in total. The van der Waals surface area contributed by atoms with Crippen molar-refractivity contribution in [2.45, 2.75) is 0 Å². The number of hydrogen-bond acceptors (Lipinski definition) is 4. The van der Waals surface area contributed by atoms with E-state index in [4.69, 9.17) is 26.8 Å². The Morgan fingerprint density at radius 3 is 2.48 bits per heavy atom. The predicted molar refractivity (Wildman–Crippen MR) is 76.7 cm³/mol. The fourth-order valence-electron chi connectivity index (χ4n) is 2.10. The lowest BCUT2D eigenvalue weighted by molar-refractivity contribution is 0.103. The molecule has 1 aliphatic heterocycles. The fourth-order valence-corrected chi connectivity index (χ4v) is 2.34. The average Bonchev–Trinajstić information content (AvgIpc) is 2.48. The molecule has 21 heavy (non-hydrogen) atoms. The first kappa shape index (κ1) is 13.7. The third-order valence-corrected chi connectivity index (χ3v) is 3.42. The van der Waals surface area contributed by atoms with Crippen molar-refractivity contribution in [2.24, 2.45) is 0 Å². The number of nitrogens with two attached hydrogens (primary N) is 1. The van der Waals surface area contributed by atoms with Crippen molar-refractivity contribution in [3.63, 3.8) is 0 Å². The maximum Gasteiger partial charge on any atom is 0.197 e. The molecule has 0 aliphatic carbocycles. The van der Waals surface area contributed by atoms with Crippen molar-refractivity contribution in [3.8, 4) is 11.5 Å². The van der Waals surface area contributed by atoms with E-state index in [1.807, 2.05) is 0 Å². The molecule has 1 aliphatic rings. The van der Waals surface area contributed by atoms with E-state index < -0.39 is 11.6 Å². The van der Waals surface area contributed by atoms with Gasteiger partial charge in [0.25, 0.3) is 0 Å². The molecule has 3 rings (SSSR count). The fraction of sp³-hybridized carbons (Fsp3) is 0.133. The summed E-state index contributed by atoms with van der Waals surface area (Å²) < 4.78 is 24.6. The molecule has 0 atom stereocenters. The van der Waals surface area contributed by atoms with Gasteiger partial charge in [0.2, 0.25) is 0 Å². The van der Waals surface area contributed by atoms with E-state index in [1.165, 1.54) is 24.3 Å². The van der Waals surface area contributed by atoms with Gasteiger partial charge < -0.3 is 15.2 Å². The number of carbonyl (C=O) groups excluding carboxylic acids is 1. The second kappa shape index (κ2) is 5.26. The number of rotatable bonds is 2. The molecule has 0 saturated heterocycles. The van der Waals surface area contributed by atoms with Crippen LogP contribution in [-0.2, 0) is 0 Å². The molecule has 4 nitrogen and oxygen atoms in total. The van der Waals surface area contributed by atoms with Crippen LogP contribution in [0.15, 0.2) is 30.3 Å². The van der Waals surface area contributed by atoms with Crippen LogP contribution < -0.4 is 15.2 Å². The molecular weight excluding hydrogens is 297 g/mol. The maximum atomic E-state index is 13.8. The Kier molecular flexibility index (Phi) is 3.43. The number of ketones is 1. The molecule has 0 radical (unpaired) electrons. The van der Waals surface area contributed by atoms with Gasteiger partial charge in [0, 0.05) is 17.3 Å². The third kappa shape index (κ3) is 2.52. The highest BCUT2D eigenvalue weighted by atomic mass is 35.5. The van der Waals surface area contributed by atoms with Gasteiger partial charge in [-0.2, -0.15) is 0 Å². The summed E-state index contributed by atoms with van der Waals surface area (Å²) in [6, 6.07) is 6.77. The Bertz CT molecular complexity index is 733. The van der Waals surface area contributed by atoms with Gasteiger partial charge in [0.05, 0.1) is 10.6 Å². The van der Waals surface area contributed by atoms with Crippen LogP contribution in [-0.4, -0.2) is 19.0 Å². The lowest BCUT2D eigenvalue weighted by Gasteiger charge is -2.19. The monoisotopic (exact) mass is 307 g/mol. The highest BCUT2D eigenvalue weighted by Gasteiger charge is 2.22. The van der Waals surface area contributed by atoms with Crippen LogP contribution in [0, 0.1) is 5.82 Å². The molecular formula is C15H11ClFNO3. The Morgan fingerprint density at radius 1 is 1.10 bits per heavy atom. The van der Waals surface area contributed by atoms with E-state index in [2.05, 4.69) is 0 Å². The van der Waals surface area contributed by atoms with Crippen LogP contribution in [0.25, 0.3) is 0 Å². The van der Waals surface area contributed by atoms with Gasteiger partial charge in [-0.3, -0.25) is 4.79 Å². The largest absolute Gasteiger partial charge is 0.486 e. The summed E-state index contributed by atoms with van der Waals surface area (Å²) >= 11 is 6.09. The number of nitrogen functional groups attached to an aromatic ring is 1. The van der Waals surface area contributed by atoms with Crippen LogP contribution >= 0.6 is 11.6 Å². The van der Waals surface area contributed by atoms with Gasteiger partial charge in [0.1, 0.15) is 19.0 Å². The number of benzene rings is 2. The van der Waals surface area contributed by atoms with Gasteiger partial charge in [0.15, 0.2) is 17.3 Å². The molecule has 0 saturated carbocycles. The molecule has 0 fully saturated rings. The summed E-state index contributed by atoms with van der Waals surface area (Å²) in [5, 5.41) is 0.172. The molecule has 1 heterocycles. The SMILES string of the molecule is Nc1ccc(F)c(C(=O)c2cc3c(cc2Cl)OCCO3)c1. The van der Waals surface area contributed by atoms with Crippen molar-refractivity contribution in [3.05, 3.63) is 52.3 Å². The Morgan fingerprint density at radius 2 is 1.76 bits per heavy atom. The van der Waals surface area contributed by atoms with Crippen LogP contribution in [0.5, 0.6) is 11.5 Å². The Balaban J connectivity index is 2.07. The van der Waals surface area contributed by atoms with Crippen molar-refractivity contribution in [1.29, 1.82) is 0 Å². The molecule has 2 aromatic rings. The average molecular weight is 308 g/mol. The number of ether oxygens (including phenoxy) is 2. The van der Waals surface area contributed by atoms with Gasteiger partial charge >= 0.3 is 0 Å². The summed E-state index contributed by atoms with van der Waals surface area (Å²) in [5.74, 6) is -0.323. The quantitative estimate of drug-likeness (QED) is 0.684. The van der Waals surface area contributed by atoms with E-state index in [1.54, 1.807) is 0 Å². The number of carbonyl (C=O) groups is 1. The molecule has 108 valence electrons. The first-order chi connectivity index (χ1) is 10.1. The lowest BCUT2D eigenvalue weighted by atomic mass is 10.0. The van der Waals surface area contributed by atoms with Crippen molar-refractivity contribution < 1.29 is 18.7 Å². The molecule has 2 aromatic carbocycles. The molecule has 0 aromatic heterocycles. The standard InChI is InChI=1S/C15H11ClFNO3/c16-11-7-14-13(20-3-4-21-14)6-9(11)15(19)10-5-8(18)1-2-12(10)17/h1-2,5-7H,3-4,18H2. The Labute approximate surface area is 125 Å². The number of halogens is 2. The highest BCUT2D eigenvalue weighted by molar-refractivity contribution is 6.35. The minimum Gasteiger partial charge on any atom is -0.486 e. The summed E-state index contributed by atoms with van der Waals surface area (Å²) in [6.45, 7) is 0.801. The normalized spacial score (nSPS) is 13.0. The Hall–Kier alpha value is -2.27. The third-order valence-electron chi connectivity index (χ3n) is 3.11. The predicted octanol–water partition coefficient (Wildman–Crippen LogP) is 3.06. The molecule has 0 amide bonds. The van der Waals surface area contributed by atoms with E-state index in [-0.39, 0.29) is 16.1 Å². The van der Waals surface area contributed by atoms with Gasteiger partial charge in [-0.15, -0.1) is 0 Å². The zero-order valence-corrected chi connectivity index (χ0v) is 11.6. The van der Waals surface area contributed by atoms with E-state index in [0.717, 1.165) is 6.07 Å². The lowest BCUT2D eigenvalue weighted by Crippen LogP contribution is -2.16. The summed E-state index contributed by atoms with van der Waals surface area (Å²) in [5.41, 5.74) is 5.91. The van der Waals surface area contributed by atoms with Crippen molar-refractivity contribution >= 4 is 23.1 Å². The van der Waals surface area contributed by atoms with Crippen molar-refractivity contribution in [2.75, 3.05) is 18.9 Å². The van der Waals surface area contributed by atoms with E-state index in [0.29, 0.717) is 30.4 Å². The zero-order valence-electron chi connectivity index (χ0n) is 10.9. The van der Waals surface area contributed by atoms with Gasteiger partial charge in [-0.1, -0.05) is 11.6 Å². The highest BCUT2D eigenvalue weighted by Crippen LogP contribution is 2.36. The maximum absolute atomic E-state index is 13.8. The van der Waals surface area contributed by atoms with Crippen LogP contribution in [0.1, 0.15) is 15.9 Å². The summed E-state index contributed by atoms with van der Waals surface area (Å²) in [6.07, 6.45) is 0. The summed E-state index contributed by atoms with van der Waals surface area (Å²) in [4.78, 5) is 12.4. The molecule has 6 heteroatoms. The first-order valence-electron chi connectivity index (χ1n) is 6.25. The van der Waals surface area contributed by atoms with Crippen LogP contribution in [0.4, 0.5) is 10.1 Å². The summed E-state index contributed by atoms with van der Waals surface area (Å²) in [7, 11) is 0. The molecule has 0 spiro atoms. The topological polar surface area (TPSA) is 61.6 Å². The zero-order chi connectivity index (χ0) is 15.0. The van der Waals surface area contributed by atoms with Crippen molar-refractivity contribution in [1.82, 2.24) is 0 Å². The number of anilines is 1. The van der Waals surface area contributed by atoms with Crippen LogP contribution in [0.2, 0.25) is 5.02 Å². The second-order valence-corrected chi connectivity index (χ2v) is 4.95. The molecule has 0 bridgehead atoms. The van der Waals surface area contributed by atoms with Gasteiger partial charge in [-0.25, -0.2) is 4.39 Å². The number of hydrogen-bond donors (Lipinski definition) is 1. The van der Waals surface area contributed by atoms with Gasteiger partial charge in [-0.05, 0) is 24.3 Å². The second-order valence-electron chi connectivity index (χ2n) is 4.54. The minimum atomic E-state index is -0.653. The van der Waals surface area contributed by atoms with Crippen LogP contribution in [0.3, 0.4) is 0 Å². The van der Waals surface area contributed by atoms with E-state index >= 15 is 0 Å². The van der Waals surface area contributed by atoms with E-state index in [9.17, 15) is 9.18 Å². The molecule has 0 unspecified atom stereocenters. The minimum absolute atomic E-state index is 0.131.